The van der Waals surface area contributed by atoms with Crippen molar-refractivity contribution in [1.29, 1.82) is 0 Å². The Morgan fingerprint density at radius 3 is 2.18 bits per heavy atom. The molecule has 0 heterocycles. The number of carbonyl (C=O) groups excluding carboxylic acids is 1. The van der Waals surface area contributed by atoms with Crippen LogP contribution in [0.2, 0.25) is 0 Å². The van der Waals surface area contributed by atoms with E-state index in [1.165, 1.54) is 36.5 Å². The Bertz CT molecular complexity index is 455. The van der Waals surface area contributed by atoms with Crippen LogP contribution in [0, 0.1) is 0 Å². The summed E-state index contributed by atoms with van der Waals surface area (Å²) in [6, 6.07) is 8.62. The highest BCUT2D eigenvalue weighted by molar-refractivity contribution is 5.81. The Balaban J connectivity index is 0.000000409. The average Bonchev–Trinajstić information content (AvgIpc) is 2.53. The van der Waals surface area contributed by atoms with E-state index in [2.05, 4.69) is 44.3 Å². The molecule has 0 radical (unpaired) electrons. The van der Waals surface area contributed by atoms with Crippen molar-refractivity contribution in [3.05, 3.63) is 54.6 Å². The summed E-state index contributed by atoms with van der Waals surface area (Å²) in [5.74, 6) is -0.355. The molecule has 1 rings (SSSR count). The average molecular weight is 302 g/mol. The number of rotatable bonds is 7. The van der Waals surface area contributed by atoms with Gasteiger partial charge in [0, 0.05) is 6.08 Å². The fraction of sp³-hybridized carbons (Fsp3) is 0.450. The maximum absolute atomic E-state index is 10.6. The number of hydrogen-bond acceptors (Lipinski definition) is 2. The molecule has 1 aromatic carbocycles. The van der Waals surface area contributed by atoms with Crippen molar-refractivity contribution in [2.75, 3.05) is 0 Å². The van der Waals surface area contributed by atoms with Crippen LogP contribution >= 0.6 is 0 Å². The molecule has 0 saturated carbocycles. The molecule has 0 saturated heterocycles. The van der Waals surface area contributed by atoms with Gasteiger partial charge in [-0.3, -0.25) is 0 Å². The van der Waals surface area contributed by atoms with Gasteiger partial charge in [0.1, 0.15) is 5.60 Å². The molecule has 0 aromatic heterocycles. The van der Waals surface area contributed by atoms with Crippen LogP contribution in [0.1, 0.15) is 58.1 Å². The zero-order valence-electron chi connectivity index (χ0n) is 14.5. The van der Waals surface area contributed by atoms with Gasteiger partial charge in [-0.1, -0.05) is 63.8 Å². The van der Waals surface area contributed by atoms with E-state index in [0.29, 0.717) is 0 Å². The Morgan fingerprint density at radius 2 is 1.77 bits per heavy atom. The highest BCUT2D eigenvalue weighted by atomic mass is 16.6. The molecular formula is C20H30O2. The first kappa shape index (κ1) is 20.2. The van der Waals surface area contributed by atoms with Crippen LogP contribution in [0.3, 0.4) is 0 Å². The van der Waals surface area contributed by atoms with Crippen molar-refractivity contribution in [1.82, 2.24) is 0 Å². The van der Waals surface area contributed by atoms with Gasteiger partial charge in [0.25, 0.3) is 0 Å². The molecule has 122 valence electrons. The molecule has 0 unspecified atom stereocenters. The van der Waals surface area contributed by atoms with E-state index in [1.807, 2.05) is 26.8 Å². The first-order valence-corrected chi connectivity index (χ1v) is 7.95. The Morgan fingerprint density at radius 1 is 1.18 bits per heavy atom. The van der Waals surface area contributed by atoms with E-state index in [1.54, 1.807) is 0 Å². The number of unbranched alkanes of at least 4 members (excludes halogenated alkanes) is 1. The molecular weight excluding hydrogens is 272 g/mol. The third-order valence-corrected chi connectivity index (χ3v) is 3.43. The number of hydrogen-bond donors (Lipinski definition) is 0. The van der Waals surface area contributed by atoms with Crippen LogP contribution < -0.4 is 0 Å². The minimum absolute atomic E-state index is 0.355. The first-order valence-electron chi connectivity index (χ1n) is 7.95. The minimum Gasteiger partial charge on any atom is -0.457 e. The lowest BCUT2D eigenvalue weighted by atomic mass is 10.1. The number of ether oxygens (including phenoxy) is 1. The third kappa shape index (κ3) is 9.17. The van der Waals surface area contributed by atoms with Gasteiger partial charge >= 0.3 is 5.97 Å². The second kappa shape index (κ2) is 10.8. The van der Waals surface area contributed by atoms with Gasteiger partial charge in [-0.15, -0.1) is 0 Å². The molecule has 0 spiro atoms. The molecule has 2 heteroatoms. The molecule has 0 atom stereocenters. The normalized spacial score (nSPS) is 10.2. The Hall–Kier alpha value is -1.83. The van der Waals surface area contributed by atoms with Gasteiger partial charge in [0.2, 0.25) is 0 Å². The lowest BCUT2D eigenvalue weighted by Gasteiger charge is -2.21. The second-order valence-electron chi connectivity index (χ2n) is 5.79. The molecule has 0 aliphatic carbocycles. The number of esters is 1. The van der Waals surface area contributed by atoms with Gasteiger partial charge in [-0.25, -0.2) is 4.79 Å². The highest BCUT2D eigenvalue weighted by Gasteiger charge is 2.18. The standard InChI is InChI=1S/C12H16.C8H14O2/c1-3-5-6-12-9-7-11(4-2)8-10-12;1-5-7(9)10-8(3,4)6-2/h4,7-10H,2-3,5-6H2,1H3;5H,1,6H2,2-4H3. The zero-order valence-corrected chi connectivity index (χ0v) is 14.5. The predicted octanol–water partition coefficient (Wildman–Crippen LogP) is 5.58. The molecule has 0 aliphatic rings. The maximum atomic E-state index is 10.6. The molecule has 2 nitrogen and oxygen atoms in total. The van der Waals surface area contributed by atoms with Gasteiger partial charge in [-0.05, 0) is 44.2 Å². The summed E-state index contributed by atoms with van der Waals surface area (Å²) in [4.78, 5) is 10.6. The highest BCUT2D eigenvalue weighted by Crippen LogP contribution is 2.13. The van der Waals surface area contributed by atoms with Crippen LogP contribution in [0.5, 0.6) is 0 Å². The lowest BCUT2D eigenvalue weighted by molar-refractivity contribution is -0.150. The minimum atomic E-state index is -0.356. The summed E-state index contributed by atoms with van der Waals surface area (Å²) in [7, 11) is 0. The van der Waals surface area contributed by atoms with Crippen molar-refractivity contribution in [3.8, 4) is 0 Å². The molecule has 0 bridgehead atoms. The van der Waals surface area contributed by atoms with Crippen molar-refractivity contribution in [2.24, 2.45) is 0 Å². The molecule has 0 N–H and O–H groups in total. The van der Waals surface area contributed by atoms with E-state index in [0.717, 1.165) is 6.42 Å². The monoisotopic (exact) mass is 302 g/mol. The quantitative estimate of drug-likeness (QED) is 0.485. The maximum Gasteiger partial charge on any atom is 0.330 e. The van der Waals surface area contributed by atoms with E-state index < -0.39 is 0 Å². The summed E-state index contributed by atoms with van der Waals surface area (Å²) in [6.07, 6.45) is 7.62. The molecule has 0 amide bonds. The summed E-state index contributed by atoms with van der Waals surface area (Å²) >= 11 is 0. The molecule has 22 heavy (non-hydrogen) atoms. The van der Waals surface area contributed by atoms with Gasteiger partial charge < -0.3 is 4.74 Å². The summed E-state index contributed by atoms with van der Waals surface area (Å²) in [5.41, 5.74) is 2.28. The Labute approximate surface area is 135 Å². The van der Waals surface area contributed by atoms with E-state index in [-0.39, 0.29) is 11.6 Å². The van der Waals surface area contributed by atoms with Crippen LogP contribution in [0.4, 0.5) is 0 Å². The smallest absolute Gasteiger partial charge is 0.330 e. The number of aryl methyl sites for hydroxylation is 1. The van der Waals surface area contributed by atoms with Crippen LogP contribution in [-0.4, -0.2) is 11.6 Å². The summed E-state index contributed by atoms with van der Waals surface area (Å²) in [5, 5.41) is 0. The van der Waals surface area contributed by atoms with E-state index in [4.69, 9.17) is 4.74 Å². The summed E-state index contributed by atoms with van der Waals surface area (Å²) in [6.45, 7) is 15.0. The van der Waals surface area contributed by atoms with Crippen LogP contribution in [0.15, 0.2) is 43.5 Å². The number of carbonyl (C=O) groups is 1. The fourth-order valence-electron chi connectivity index (χ4n) is 1.59. The summed E-state index contributed by atoms with van der Waals surface area (Å²) < 4.78 is 4.98. The largest absolute Gasteiger partial charge is 0.457 e. The van der Waals surface area contributed by atoms with Crippen molar-refractivity contribution < 1.29 is 9.53 Å². The SMILES string of the molecule is C=CC(=O)OC(C)(C)CC.C=Cc1ccc(CCCC)cc1. The van der Waals surface area contributed by atoms with Crippen molar-refractivity contribution in [3.63, 3.8) is 0 Å². The predicted molar refractivity (Wildman–Crippen MR) is 95.8 cm³/mol. The molecule has 0 aliphatic heterocycles. The number of benzene rings is 1. The zero-order chi connectivity index (χ0) is 17.0. The van der Waals surface area contributed by atoms with E-state index in [9.17, 15) is 4.79 Å². The van der Waals surface area contributed by atoms with Gasteiger partial charge in [0.15, 0.2) is 0 Å². The van der Waals surface area contributed by atoms with Crippen molar-refractivity contribution in [2.45, 2.75) is 59.0 Å². The molecule has 0 fully saturated rings. The topological polar surface area (TPSA) is 26.3 Å². The Kier molecular flexibility index (Phi) is 9.93. The molecule has 1 aromatic rings. The third-order valence-electron chi connectivity index (χ3n) is 3.43. The fourth-order valence-corrected chi connectivity index (χ4v) is 1.59. The first-order chi connectivity index (χ1) is 10.4. The van der Waals surface area contributed by atoms with Gasteiger partial charge in [-0.2, -0.15) is 0 Å². The van der Waals surface area contributed by atoms with Crippen molar-refractivity contribution >= 4 is 12.0 Å². The van der Waals surface area contributed by atoms with Crippen LogP contribution in [-0.2, 0) is 16.0 Å². The lowest BCUT2D eigenvalue weighted by Crippen LogP contribution is -2.25. The van der Waals surface area contributed by atoms with Crippen LogP contribution in [0.25, 0.3) is 6.08 Å². The van der Waals surface area contributed by atoms with Gasteiger partial charge in [0.05, 0.1) is 0 Å². The second-order valence-corrected chi connectivity index (χ2v) is 5.79. The van der Waals surface area contributed by atoms with E-state index >= 15 is 0 Å².